The van der Waals surface area contributed by atoms with Crippen LogP contribution in [0.15, 0.2) is 18.2 Å². The second-order valence-corrected chi connectivity index (χ2v) is 8.62. The summed E-state index contributed by atoms with van der Waals surface area (Å²) in [4.78, 5) is 12.2. The SMILES string of the molecule is CCS(=O)(=O)N1CCC(NC(=O)CCc2cc(OC)cc(OC)c2)CC1. The van der Waals surface area contributed by atoms with Crippen LogP contribution in [0.3, 0.4) is 0 Å². The molecule has 26 heavy (non-hydrogen) atoms. The van der Waals surface area contributed by atoms with Gasteiger partial charge in [0.25, 0.3) is 0 Å². The number of ether oxygens (including phenoxy) is 2. The molecule has 1 fully saturated rings. The Bertz CT molecular complexity index is 690. The van der Waals surface area contributed by atoms with E-state index in [4.69, 9.17) is 9.47 Å². The van der Waals surface area contributed by atoms with Gasteiger partial charge in [-0.05, 0) is 43.9 Å². The zero-order valence-corrected chi connectivity index (χ0v) is 16.5. The lowest BCUT2D eigenvalue weighted by molar-refractivity contribution is -0.122. The molecule has 0 bridgehead atoms. The van der Waals surface area contributed by atoms with Gasteiger partial charge >= 0.3 is 0 Å². The van der Waals surface area contributed by atoms with E-state index >= 15 is 0 Å². The molecule has 1 N–H and O–H groups in total. The molecule has 8 heteroatoms. The van der Waals surface area contributed by atoms with Crippen LogP contribution < -0.4 is 14.8 Å². The summed E-state index contributed by atoms with van der Waals surface area (Å²) in [6.07, 6.45) is 2.25. The number of carbonyl (C=O) groups is 1. The van der Waals surface area contributed by atoms with Crippen molar-refractivity contribution in [3.05, 3.63) is 23.8 Å². The molecule has 0 aliphatic carbocycles. The van der Waals surface area contributed by atoms with E-state index < -0.39 is 10.0 Å². The average molecular weight is 384 g/mol. The van der Waals surface area contributed by atoms with Crippen LogP contribution >= 0.6 is 0 Å². The molecule has 2 rings (SSSR count). The molecule has 1 aliphatic heterocycles. The minimum atomic E-state index is -3.14. The highest BCUT2D eigenvalue weighted by atomic mass is 32.2. The largest absolute Gasteiger partial charge is 0.497 e. The molecule has 1 aromatic rings. The second-order valence-electron chi connectivity index (χ2n) is 6.36. The lowest BCUT2D eigenvalue weighted by atomic mass is 10.1. The third kappa shape index (κ3) is 5.60. The van der Waals surface area contributed by atoms with E-state index in [0.29, 0.717) is 50.3 Å². The number of methoxy groups -OCH3 is 2. The zero-order valence-electron chi connectivity index (χ0n) is 15.7. The highest BCUT2D eigenvalue weighted by Gasteiger charge is 2.27. The maximum atomic E-state index is 12.2. The molecule has 1 heterocycles. The van der Waals surface area contributed by atoms with Crippen LogP contribution in [0.25, 0.3) is 0 Å². The van der Waals surface area contributed by atoms with Gasteiger partial charge in [-0.2, -0.15) is 0 Å². The molecule has 0 saturated carbocycles. The summed E-state index contributed by atoms with van der Waals surface area (Å²) < 4.78 is 35.7. The van der Waals surface area contributed by atoms with Gasteiger partial charge in [0, 0.05) is 31.6 Å². The first-order valence-electron chi connectivity index (χ1n) is 8.87. The number of aryl methyl sites for hydroxylation is 1. The minimum Gasteiger partial charge on any atom is -0.497 e. The van der Waals surface area contributed by atoms with Gasteiger partial charge in [-0.1, -0.05) is 0 Å². The Morgan fingerprint density at radius 3 is 2.23 bits per heavy atom. The first kappa shape index (κ1) is 20.5. The number of hydrogen-bond donors (Lipinski definition) is 1. The molecule has 0 unspecified atom stereocenters. The molecule has 1 amide bonds. The Labute approximate surface area is 155 Å². The summed E-state index contributed by atoms with van der Waals surface area (Å²) in [5, 5.41) is 3.01. The Hall–Kier alpha value is -1.80. The highest BCUT2D eigenvalue weighted by Crippen LogP contribution is 2.23. The predicted octanol–water partition coefficient (Wildman–Crippen LogP) is 1.57. The number of nitrogens with one attached hydrogen (secondary N) is 1. The van der Waals surface area contributed by atoms with Crippen LogP contribution in [0.2, 0.25) is 0 Å². The van der Waals surface area contributed by atoms with E-state index in [1.165, 1.54) is 4.31 Å². The fraction of sp³-hybridized carbons (Fsp3) is 0.611. The smallest absolute Gasteiger partial charge is 0.220 e. The van der Waals surface area contributed by atoms with Crippen molar-refractivity contribution < 1.29 is 22.7 Å². The minimum absolute atomic E-state index is 0.0245. The maximum Gasteiger partial charge on any atom is 0.220 e. The van der Waals surface area contributed by atoms with Crippen LogP contribution in [-0.4, -0.2) is 57.7 Å². The molecule has 0 aromatic heterocycles. The van der Waals surface area contributed by atoms with Crippen molar-refractivity contribution in [2.45, 2.75) is 38.6 Å². The number of rotatable bonds is 8. The van der Waals surface area contributed by atoms with Crippen molar-refractivity contribution in [1.29, 1.82) is 0 Å². The number of amides is 1. The summed E-state index contributed by atoms with van der Waals surface area (Å²) in [6.45, 7) is 2.58. The van der Waals surface area contributed by atoms with E-state index in [0.717, 1.165) is 5.56 Å². The number of nitrogens with zero attached hydrogens (tertiary/aromatic N) is 1. The molecule has 146 valence electrons. The zero-order chi connectivity index (χ0) is 19.2. The molecular weight excluding hydrogens is 356 g/mol. The van der Waals surface area contributed by atoms with E-state index in [1.807, 2.05) is 12.1 Å². The van der Waals surface area contributed by atoms with Gasteiger partial charge in [-0.15, -0.1) is 0 Å². The van der Waals surface area contributed by atoms with Crippen molar-refractivity contribution in [1.82, 2.24) is 9.62 Å². The van der Waals surface area contributed by atoms with Crippen LogP contribution in [0.1, 0.15) is 31.7 Å². The standard InChI is InChI=1S/C18H28N2O5S/c1-4-26(22,23)20-9-7-15(8-10-20)19-18(21)6-5-14-11-16(24-2)13-17(12-14)25-3/h11-13,15H,4-10H2,1-3H3,(H,19,21). The molecule has 0 radical (unpaired) electrons. The summed E-state index contributed by atoms with van der Waals surface area (Å²) in [5.74, 6) is 1.49. The van der Waals surface area contributed by atoms with Gasteiger partial charge in [0.15, 0.2) is 0 Å². The number of carbonyl (C=O) groups excluding carboxylic acids is 1. The van der Waals surface area contributed by atoms with Crippen molar-refractivity contribution >= 4 is 15.9 Å². The number of hydrogen-bond acceptors (Lipinski definition) is 5. The summed E-state index contributed by atoms with van der Waals surface area (Å²) in [6, 6.07) is 5.61. The van der Waals surface area contributed by atoms with Crippen molar-refractivity contribution in [3.8, 4) is 11.5 Å². The summed E-state index contributed by atoms with van der Waals surface area (Å²) in [7, 11) is 0.0515. The van der Waals surface area contributed by atoms with Crippen LogP contribution in [0, 0.1) is 0 Å². The average Bonchev–Trinajstić information content (AvgIpc) is 2.66. The van der Waals surface area contributed by atoms with Crippen molar-refractivity contribution in [3.63, 3.8) is 0 Å². The van der Waals surface area contributed by atoms with Crippen molar-refractivity contribution in [2.24, 2.45) is 0 Å². The maximum absolute atomic E-state index is 12.2. The first-order chi connectivity index (χ1) is 12.4. The van der Waals surface area contributed by atoms with Gasteiger partial charge in [-0.3, -0.25) is 4.79 Å². The van der Waals surface area contributed by atoms with E-state index in [9.17, 15) is 13.2 Å². The van der Waals surface area contributed by atoms with Crippen LogP contribution in [0.4, 0.5) is 0 Å². The highest BCUT2D eigenvalue weighted by molar-refractivity contribution is 7.89. The Balaban J connectivity index is 1.81. The number of piperidine rings is 1. The van der Waals surface area contributed by atoms with Crippen LogP contribution in [0.5, 0.6) is 11.5 Å². The topological polar surface area (TPSA) is 84.9 Å². The fourth-order valence-corrected chi connectivity index (χ4v) is 4.16. The van der Waals surface area contributed by atoms with Crippen LogP contribution in [-0.2, 0) is 21.2 Å². The number of benzene rings is 1. The number of sulfonamides is 1. The Morgan fingerprint density at radius 2 is 1.73 bits per heavy atom. The van der Waals surface area contributed by atoms with Gasteiger partial charge in [0.1, 0.15) is 11.5 Å². The molecule has 0 atom stereocenters. The quantitative estimate of drug-likeness (QED) is 0.735. The van der Waals surface area contributed by atoms with E-state index in [1.54, 1.807) is 27.2 Å². The monoisotopic (exact) mass is 384 g/mol. The van der Waals surface area contributed by atoms with Gasteiger partial charge in [0.05, 0.1) is 20.0 Å². The molecule has 1 aliphatic rings. The Morgan fingerprint density at radius 1 is 1.15 bits per heavy atom. The van der Waals surface area contributed by atoms with Gasteiger partial charge in [0.2, 0.25) is 15.9 Å². The predicted molar refractivity (Wildman–Crippen MR) is 100 cm³/mol. The van der Waals surface area contributed by atoms with E-state index in [-0.39, 0.29) is 17.7 Å². The third-order valence-corrected chi connectivity index (χ3v) is 6.51. The first-order valence-corrected chi connectivity index (χ1v) is 10.5. The fourth-order valence-electron chi connectivity index (χ4n) is 3.03. The third-order valence-electron chi connectivity index (χ3n) is 4.63. The summed E-state index contributed by atoms with van der Waals surface area (Å²) in [5.41, 5.74) is 0.972. The van der Waals surface area contributed by atoms with Gasteiger partial charge < -0.3 is 14.8 Å². The normalized spacial score (nSPS) is 16.3. The van der Waals surface area contributed by atoms with Gasteiger partial charge in [-0.25, -0.2) is 12.7 Å². The molecule has 7 nitrogen and oxygen atoms in total. The molecule has 1 aromatic carbocycles. The molecule has 1 saturated heterocycles. The van der Waals surface area contributed by atoms with Crippen molar-refractivity contribution in [2.75, 3.05) is 33.1 Å². The summed E-state index contributed by atoms with van der Waals surface area (Å²) >= 11 is 0. The van der Waals surface area contributed by atoms with E-state index in [2.05, 4.69) is 5.32 Å². The lowest BCUT2D eigenvalue weighted by Gasteiger charge is -2.31. The molecular formula is C18H28N2O5S. The Kier molecular flexibility index (Phi) is 7.28. The lowest BCUT2D eigenvalue weighted by Crippen LogP contribution is -2.46. The second kappa shape index (κ2) is 9.23. The molecule has 0 spiro atoms.